The molecule has 0 heterocycles. The van der Waals surface area contributed by atoms with Crippen molar-refractivity contribution < 1.29 is 19.1 Å². The molecular weight excluding hydrogens is 251 g/mol. The molecule has 19 heavy (non-hydrogen) atoms. The van der Waals surface area contributed by atoms with Crippen molar-refractivity contribution in [3.05, 3.63) is 29.6 Å². The fourth-order valence-electron chi connectivity index (χ4n) is 1.36. The number of nitrogens with one attached hydrogen (secondary N) is 2. The standard InChI is InChI=1S/C13H17FN2O3/c1-4-13(2,3)16-12(19)15-10-7-8(14)5-6-9(10)11(17)18/h5-7H,4H2,1-3H3,(H,17,18)(H2,15,16,19). The predicted octanol–water partition coefficient (Wildman–Crippen LogP) is 2.83. The van der Waals surface area contributed by atoms with Crippen LogP contribution in [-0.2, 0) is 0 Å². The summed E-state index contributed by atoms with van der Waals surface area (Å²) < 4.78 is 13.1. The number of carbonyl (C=O) groups excluding carboxylic acids is 1. The molecule has 104 valence electrons. The molecule has 0 saturated carbocycles. The number of urea groups is 1. The lowest BCUT2D eigenvalue weighted by Gasteiger charge is -2.24. The van der Waals surface area contributed by atoms with Gasteiger partial charge in [-0.15, -0.1) is 0 Å². The molecule has 1 rings (SSSR count). The fraction of sp³-hybridized carbons (Fsp3) is 0.385. The number of carboxylic acids is 1. The largest absolute Gasteiger partial charge is 0.478 e. The summed E-state index contributed by atoms with van der Waals surface area (Å²) in [5.74, 6) is -1.85. The Morgan fingerprint density at radius 2 is 2.00 bits per heavy atom. The number of amides is 2. The Hall–Kier alpha value is -2.11. The lowest BCUT2D eigenvalue weighted by molar-refractivity contribution is 0.0698. The molecule has 0 unspecified atom stereocenters. The number of carboxylic acid groups (broad SMARTS) is 1. The van der Waals surface area contributed by atoms with Crippen molar-refractivity contribution in [3.63, 3.8) is 0 Å². The van der Waals surface area contributed by atoms with E-state index in [4.69, 9.17) is 5.11 Å². The zero-order valence-corrected chi connectivity index (χ0v) is 11.1. The predicted molar refractivity (Wildman–Crippen MR) is 69.9 cm³/mol. The molecule has 0 aliphatic rings. The molecule has 0 spiro atoms. The average molecular weight is 268 g/mol. The van der Waals surface area contributed by atoms with Gasteiger partial charge in [-0.3, -0.25) is 0 Å². The zero-order valence-electron chi connectivity index (χ0n) is 11.1. The van der Waals surface area contributed by atoms with Crippen molar-refractivity contribution in [2.45, 2.75) is 32.7 Å². The van der Waals surface area contributed by atoms with Gasteiger partial charge in [-0.25, -0.2) is 14.0 Å². The van der Waals surface area contributed by atoms with Crippen molar-refractivity contribution in [2.75, 3.05) is 5.32 Å². The summed E-state index contributed by atoms with van der Waals surface area (Å²) in [6.45, 7) is 5.57. The number of halogens is 1. The highest BCUT2D eigenvalue weighted by molar-refractivity contribution is 6.00. The average Bonchev–Trinajstić information content (AvgIpc) is 2.27. The number of benzene rings is 1. The van der Waals surface area contributed by atoms with Crippen molar-refractivity contribution in [1.82, 2.24) is 5.32 Å². The quantitative estimate of drug-likeness (QED) is 0.785. The third kappa shape index (κ3) is 4.24. The van der Waals surface area contributed by atoms with Crippen molar-refractivity contribution in [2.24, 2.45) is 0 Å². The van der Waals surface area contributed by atoms with Gasteiger partial charge in [-0.05, 0) is 38.5 Å². The third-order valence-corrected chi connectivity index (χ3v) is 2.80. The lowest BCUT2D eigenvalue weighted by Crippen LogP contribution is -2.45. The van der Waals surface area contributed by atoms with Gasteiger partial charge >= 0.3 is 12.0 Å². The van der Waals surface area contributed by atoms with E-state index in [1.165, 1.54) is 0 Å². The monoisotopic (exact) mass is 268 g/mol. The van der Waals surface area contributed by atoms with E-state index in [0.717, 1.165) is 18.2 Å². The molecule has 0 fully saturated rings. The van der Waals surface area contributed by atoms with Gasteiger partial charge in [0.2, 0.25) is 0 Å². The van der Waals surface area contributed by atoms with E-state index in [2.05, 4.69) is 10.6 Å². The van der Waals surface area contributed by atoms with E-state index < -0.39 is 23.4 Å². The maximum atomic E-state index is 13.1. The minimum atomic E-state index is -1.23. The Bertz CT molecular complexity index is 501. The second-order valence-corrected chi connectivity index (χ2v) is 4.81. The van der Waals surface area contributed by atoms with Crippen LogP contribution in [-0.4, -0.2) is 22.6 Å². The van der Waals surface area contributed by atoms with Crippen LogP contribution in [0.1, 0.15) is 37.6 Å². The maximum Gasteiger partial charge on any atom is 0.337 e. The van der Waals surface area contributed by atoms with Crippen LogP contribution in [0.5, 0.6) is 0 Å². The van der Waals surface area contributed by atoms with Gasteiger partial charge in [0.1, 0.15) is 5.82 Å². The maximum absolute atomic E-state index is 13.1. The van der Waals surface area contributed by atoms with Gasteiger partial charge in [-0.1, -0.05) is 6.92 Å². The van der Waals surface area contributed by atoms with E-state index in [0.29, 0.717) is 6.42 Å². The van der Waals surface area contributed by atoms with E-state index in [1.54, 1.807) is 0 Å². The van der Waals surface area contributed by atoms with Crippen LogP contribution >= 0.6 is 0 Å². The van der Waals surface area contributed by atoms with E-state index >= 15 is 0 Å². The van der Waals surface area contributed by atoms with Gasteiger partial charge in [0.05, 0.1) is 11.3 Å². The summed E-state index contributed by atoms with van der Waals surface area (Å²) >= 11 is 0. The lowest BCUT2D eigenvalue weighted by atomic mass is 10.0. The Kier molecular flexibility index (Phi) is 4.47. The summed E-state index contributed by atoms with van der Waals surface area (Å²) in [6.07, 6.45) is 0.704. The highest BCUT2D eigenvalue weighted by Crippen LogP contribution is 2.17. The molecular formula is C13H17FN2O3. The first-order chi connectivity index (χ1) is 8.75. The molecule has 0 radical (unpaired) electrons. The summed E-state index contributed by atoms with van der Waals surface area (Å²) in [6, 6.07) is 2.54. The third-order valence-electron chi connectivity index (χ3n) is 2.80. The van der Waals surface area contributed by atoms with Crippen LogP contribution in [0.25, 0.3) is 0 Å². The van der Waals surface area contributed by atoms with Crippen LogP contribution in [0.2, 0.25) is 0 Å². The molecule has 2 amide bonds. The summed E-state index contributed by atoms with van der Waals surface area (Å²) in [4.78, 5) is 22.7. The molecule has 1 aromatic rings. The molecule has 0 bridgehead atoms. The molecule has 0 atom stereocenters. The van der Waals surface area contributed by atoms with Crippen LogP contribution in [0.3, 0.4) is 0 Å². The minimum absolute atomic E-state index is 0.0723. The Balaban J connectivity index is 2.90. The second-order valence-electron chi connectivity index (χ2n) is 4.81. The number of rotatable bonds is 4. The van der Waals surface area contributed by atoms with Crippen LogP contribution in [0, 0.1) is 5.82 Å². The Labute approximate surface area is 110 Å². The fourth-order valence-corrected chi connectivity index (χ4v) is 1.36. The van der Waals surface area contributed by atoms with Gasteiger partial charge in [0, 0.05) is 5.54 Å². The van der Waals surface area contributed by atoms with Gasteiger partial charge in [-0.2, -0.15) is 0 Å². The molecule has 1 aromatic carbocycles. The second kappa shape index (κ2) is 5.69. The van der Waals surface area contributed by atoms with Crippen LogP contribution < -0.4 is 10.6 Å². The molecule has 0 aliphatic carbocycles. The molecule has 5 nitrogen and oxygen atoms in total. The zero-order chi connectivity index (χ0) is 14.6. The highest BCUT2D eigenvalue weighted by atomic mass is 19.1. The number of hydrogen-bond donors (Lipinski definition) is 3. The molecule has 6 heteroatoms. The Morgan fingerprint density at radius 3 is 2.53 bits per heavy atom. The summed E-state index contributed by atoms with van der Waals surface area (Å²) in [7, 11) is 0. The first-order valence-electron chi connectivity index (χ1n) is 5.87. The summed E-state index contributed by atoms with van der Waals surface area (Å²) in [5, 5.41) is 14.0. The molecule has 3 N–H and O–H groups in total. The normalized spacial score (nSPS) is 10.9. The van der Waals surface area contributed by atoms with Crippen LogP contribution in [0.15, 0.2) is 18.2 Å². The first kappa shape index (κ1) is 14.9. The SMILES string of the molecule is CCC(C)(C)NC(=O)Nc1cc(F)ccc1C(=O)O. The van der Waals surface area contributed by atoms with Gasteiger partial charge in [0.15, 0.2) is 0 Å². The topological polar surface area (TPSA) is 78.4 Å². The van der Waals surface area contributed by atoms with Crippen molar-refractivity contribution in [3.8, 4) is 0 Å². The van der Waals surface area contributed by atoms with Gasteiger partial charge in [0.25, 0.3) is 0 Å². The number of anilines is 1. The minimum Gasteiger partial charge on any atom is -0.478 e. The number of aromatic carboxylic acids is 1. The van der Waals surface area contributed by atoms with Crippen LogP contribution in [0.4, 0.5) is 14.9 Å². The Morgan fingerprint density at radius 1 is 1.37 bits per heavy atom. The number of hydrogen-bond acceptors (Lipinski definition) is 2. The first-order valence-corrected chi connectivity index (χ1v) is 5.87. The van der Waals surface area contributed by atoms with E-state index in [9.17, 15) is 14.0 Å². The van der Waals surface area contributed by atoms with Crippen molar-refractivity contribution >= 4 is 17.7 Å². The number of carbonyl (C=O) groups is 2. The van der Waals surface area contributed by atoms with Crippen molar-refractivity contribution in [1.29, 1.82) is 0 Å². The summed E-state index contributed by atoms with van der Waals surface area (Å²) in [5.41, 5.74) is -0.663. The van der Waals surface area contributed by atoms with E-state index in [1.807, 2.05) is 20.8 Å². The molecule has 0 aromatic heterocycles. The van der Waals surface area contributed by atoms with E-state index in [-0.39, 0.29) is 11.3 Å². The molecule has 0 saturated heterocycles. The molecule has 0 aliphatic heterocycles. The van der Waals surface area contributed by atoms with Gasteiger partial charge < -0.3 is 15.7 Å². The smallest absolute Gasteiger partial charge is 0.337 e. The highest BCUT2D eigenvalue weighted by Gasteiger charge is 2.19.